The fraction of sp³-hybridized carbons (Fsp3) is 0.500. The minimum absolute atomic E-state index is 0.106. The number of hydrogen-bond acceptors (Lipinski definition) is 3. The van der Waals surface area contributed by atoms with Gasteiger partial charge in [0.1, 0.15) is 0 Å². The molecule has 0 aliphatic heterocycles. The quantitative estimate of drug-likeness (QED) is 0.868. The van der Waals surface area contributed by atoms with E-state index in [0.717, 1.165) is 6.42 Å². The number of rotatable bonds is 6. The molecule has 0 fully saturated rings. The van der Waals surface area contributed by atoms with Gasteiger partial charge in [0.25, 0.3) is 0 Å². The first-order chi connectivity index (χ1) is 8.47. The third kappa shape index (κ3) is 3.32. The van der Waals surface area contributed by atoms with Gasteiger partial charge in [-0.25, -0.2) is 8.42 Å². The summed E-state index contributed by atoms with van der Waals surface area (Å²) in [5, 5.41) is 9.01. The van der Waals surface area contributed by atoms with E-state index in [1.807, 2.05) is 13.8 Å². The monoisotopic (exact) mass is 335 g/mol. The van der Waals surface area contributed by atoms with E-state index in [9.17, 15) is 8.42 Å². The Bertz CT molecular complexity index is 502. The molecular weight excluding hydrogens is 318 g/mol. The number of nitrogens with zero attached hydrogens (tertiary/aromatic N) is 1. The largest absolute Gasteiger partial charge is 0.392 e. The van der Waals surface area contributed by atoms with Crippen LogP contribution in [-0.2, 0) is 16.6 Å². The molecule has 0 aliphatic rings. The van der Waals surface area contributed by atoms with Crippen molar-refractivity contribution in [3.05, 3.63) is 28.2 Å². The van der Waals surface area contributed by atoms with Gasteiger partial charge in [0.15, 0.2) is 0 Å². The fourth-order valence-electron chi connectivity index (χ4n) is 1.69. The molecule has 0 amide bonds. The second-order valence-electron chi connectivity index (χ2n) is 3.92. The second-order valence-corrected chi connectivity index (χ2v) is 6.68. The van der Waals surface area contributed by atoms with Crippen LogP contribution in [0.4, 0.5) is 0 Å². The average molecular weight is 336 g/mol. The van der Waals surface area contributed by atoms with E-state index in [2.05, 4.69) is 15.9 Å². The number of aliphatic hydroxyl groups excluding tert-OH is 1. The molecule has 0 atom stereocenters. The molecule has 0 spiro atoms. The third-order valence-electron chi connectivity index (χ3n) is 2.62. The molecule has 102 valence electrons. The molecule has 0 aromatic heterocycles. The fourth-order valence-corrected chi connectivity index (χ4v) is 4.31. The lowest BCUT2D eigenvalue weighted by Gasteiger charge is -2.20. The van der Waals surface area contributed by atoms with Crippen molar-refractivity contribution in [1.82, 2.24) is 4.31 Å². The van der Waals surface area contributed by atoms with Crippen LogP contribution in [0.3, 0.4) is 0 Å². The van der Waals surface area contributed by atoms with E-state index >= 15 is 0 Å². The molecule has 4 nitrogen and oxygen atoms in total. The summed E-state index contributed by atoms with van der Waals surface area (Å²) in [5.41, 5.74) is 0.680. The average Bonchev–Trinajstić information content (AvgIpc) is 2.35. The van der Waals surface area contributed by atoms with Crippen molar-refractivity contribution in [2.45, 2.75) is 31.8 Å². The maximum absolute atomic E-state index is 12.4. The zero-order chi connectivity index (χ0) is 13.8. The summed E-state index contributed by atoms with van der Waals surface area (Å²) >= 11 is 3.26. The molecule has 1 N–H and O–H groups in total. The van der Waals surface area contributed by atoms with Gasteiger partial charge in [-0.3, -0.25) is 0 Å². The highest BCUT2D eigenvalue weighted by Crippen LogP contribution is 2.26. The van der Waals surface area contributed by atoms with E-state index in [4.69, 9.17) is 5.11 Å². The molecule has 0 bridgehead atoms. The van der Waals surface area contributed by atoms with Crippen molar-refractivity contribution in [3.8, 4) is 0 Å². The highest BCUT2D eigenvalue weighted by Gasteiger charge is 2.24. The maximum atomic E-state index is 12.4. The number of aliphatic hydroxyl groups is 1. The Balaban J connectivity index is 3.19. The Hall–Kier alpha value is -0.430. The lowest BCUT2D eigenvalue weighted by molar-refractivity contribution is 0.281. The van der Waals surface area contributed by atoms with Crippen molar-refractivity contribution in [2.24, 2.45) is 0 Å². The lowest BCUT2D eigenvalue weighted by Crippen LogP contribution is -2.31. The summed E-state index contributed by atoms with van der Waals surface area (Å²) in [6.45, 7) is 4.62. The molecular formula is C12H18BrNO3S. The zero-order valence-corrected chi connectivity index (χ0v) is 13.0. The molecule has 6 heteroatoms. The molecule has 18 heavy (non-hydrogen) atoms. The molecule has 0 radical (unpaired) electrons. The Morgan fingerprint density at radius 1 is 1.33 bits per heavy atom. The SMILES string of the molecule is CCCN(CC)S(=O)(=O)c1ccc(CO)cc1Br. The summed E-state index contributed by atoms with van der Waals surface area (Å²) in [5.74, 6) is 0. The maximum Gasteiger partial charge on any atom is 0.244 e. The van der Waals surface area contributed by atoms with Crippen LogP contribution in [0.1, 0.15) is 25.8 Å². The Morgan fingerprint density at radius 3 is 2.44 bits per heavy atom. The van der Waals surface area contributed by atoms with Gasteiger partial charge < -0.3 is 5.11 Å². The second kappa shape index (κ2) is 6.65. The van der Waals surface area contributed by atoms with E-state index in [0.29, 0.717) is 23.1 Å². The van der Waals surface area contributed by atoms with Crippen molar-refractivity contribution in [1.29, 1.82) is 0 Å². The number of benzene rings is 1. The third-order valence-corrected chi connectivity index (χ3v) is 5.57. The lowest BCUT2D eigenvalue weighted by atomic mass is 10.2. The molecule has 0 aliphatic carbocycles. The van der Waals surface area contributed by atoms with Crippen molar-refractivity contribution in [2.75, 3.05) is 13.1 Å². The van der Waals surface area contributed by atoms with Gasteiger partial charge in [-0.15, -0.1) is 0 Å². The van der Waals surface area contributed by atoms with Crippen molar-refractivity contribution >= 4 is 26.0 Å². The van der Waals surface area contributed by atoms with E-state index in [-0.39, 0.29) is 11.5 Å². The Labute approximate surface area is 117 Å². The highest BCUT2D eigenvalue weighted by atomic mass is 79.9. The number of hydrogen-bond donors (Lipinski definition) is 1. The van der Waals surface area contributed by atoms with Gasteiger partial charge in [-0.05, 0) is 40.0 Å². The standard InChI is InChI=1S/C12H18BrNO3S/c1-3-7-14(4-2)18(16,17)12-6-5-10(9-15)8-11(12)13/h5-6,8,15H,3-4,7,9H2,1-2H3. The van der Waals surface area contributed by atoms with Gasteiger partial charge in [0, 0.05) is 17.6 Å². The number of sulfonamides is 1. The normalized spacial score (nSPS) is 12.1. The van der Waals surface area contributed by atoms with Gasteiger partial charge >= 0.3 is 0 Å². The van der Waals surface area contributed by atoms with Crippen LogP contribution in [0.5, 0.6) is 0 Å². The smallest absolute Gasteiger partial charge is 0.244 e. The topological polar surface area (TPSA) is 57.6 Å². The van der Waals surface area contributed by atoms with Gasteiger partial charge in [0.2, 0.25) is 10.0 Å². The zero-order valence-electron chi connectivity index (χ0n) is 10.6. The van der Waals surface area contributed by atoms with Crippen LogP contribution in [0.2, 0.25) is 0 Å². The molecule has 1 rings (SSSR count). The number of halogens is 1. The van der Waals surface area contributed by atoms with E-state index < -0.39 is 10.0 Å². The first-order valence-corrected chi connectivity index (χ1v) is 8.10. The predicted molar refractivity (Wildman–Crippen MR) is 74.8 cm³/mol. The minimum atomic E-state index is -3.46. The first-order valence-electron chi connectivity index (χ1n) is 5.86. The van der Waals surface area contributed by atoms with Gasteiger partial charge in [-0.1, -0.05) is 19.9 Å². The molecule has 1 aromatic rings. The molecule has 0 saturated carbocycles. The summed E-state index contributed by atoms with van der Waals surface area (Å²) in [6, 6.07) is 4.79. The van der Waals surface area contributed by atoms with Crippen molar-refractivity contribution < 1.29 is 13.5 Å². The Morgan fingerprint density at radius 2 is 2.00 bits per heavy atom. The van der Waals surface area contributed by atoms with Crippen LogP contribution in [0.25, 0.3) is 0 Å². The van der Waals surface area contributed by atoms with Crippen LogP contribution in [0.15, 0.2) is 27.6 Å². The van der Waals surface area contributed by atoms with Crippen LogP contribution < -0.4 is 0 Å². The van der Waals surface area contributed by atoms with Gasteiger partial charge in [-0.2, -0.15) is 4.31 Å². The molecule has 1 aromatic carbocycles. The predicted octanol–water partition coefficient (Wildman–Crippen LogP) is 2.36. The van der Waals surface area contributed by atoms with Crippen LogP contribution in [0, 0.1) is 0 Å². The minimum Gasteiger partial charge on any atom is -0.392 e. The van der Waals surface area contributed by atoms with Crippen LogP contribution >= 0.6 is 15.9 Å². The Kier molecular flexibility index (Phi) is 5.78. The summed E-state index contributed by atoms with van der Waals surface area (Å²) in [4.78, 5) is 0.245. The van der Waals surface area contributed by atoms with Gasteiger partial charge in [0.05, 0.1) is 11.5 Å². The molecule has 0 saturated heterocycles. The molecule has 0 heterocycles. The van der Waals surface area contributed by atoms with E-state index in [1.165, 1.54) is 10.4 Å². The highest BCUT2D eigenvalue weighted by molar-refractivity contribution is 9.10. The molecule has 0 unspecified atom stereocenters. The van der Waals surface area contributed by atoms with E-state index in [1.54, 1.807) is 12.1 Å². The van der Waals surface area contributed by atoms with Crippen LogP contribution in [-0.4, -0.2) is 30.9 Å². The summed E-state index contributed by atoms with van der Waals surface area (Å²) in [6.07, 6.45) is 0.777. The first kappa shape index (κ1) is 15.6. The summed E-state index contributed by atoms with van der Waals surface area (Å²) < 4.78 is 26.8. The van der Waals surface area contributed by atoms with Crippen molar-refractivity contribution in [3.63, 3.8) is 0 Å². The summed E-state index contributed by atoms with van der Waals surface area (Å²) in [7, 11) is -3.46.